The lowest BCUT2D eigenvalue weighted by molar-refractivity contribution is -0.130. The molecule has 1 fully saturated rings. The summed E-state index contributed by atoms with van der Waals surface area (Å²) in [4.78, 5) is 14.2. The first kappa shape index (κ1) is 15.8. The Balaban J connectivity index is 2.05. The van der Waals surface area contributed by atoms with Crippen molar-refractivity contribution < 1.29 is 13.2 Å². The number of carbonyl (C=O) groups excluding carboxylic acids is 1. The number of para-hydroxylation sites is 1. The molecular weight excluding hydrogens is 288 g/mol. The molecule has 1 aromatic rings. The molecule has 1 saturated heterocycles. The SMILES string of the molecule is CCS(=O)(=O)c1ccccc1NCC(=O)N1CCCCC1. The normalized spacial score (nSPS) is 15.8. The predicted molar refractivity (Wildman–Crippen MR) is 83.1 cm³/mol. The second kappa shape index (κ2) is 6.93. The zero-order valence-electron chi connectivity index (χ0n) is 12.3. The molecule has 21 heavy (non-hydrogen) atoms. The summed E-state index contributed by atoms with van der Waals surface area (Å²) >= 11 is 0. The largest absolute Gasteiger partial charge is 0.375 e. The Morgan fingerprint density at radius 1 is 1.19 bits per heavy atom. The van der Waals surface area contributed by atoms with Gasteiger partial charge in [0.25, 0.3) is 0 Å². The summed E-state index contributed by atoms with van der Waals surface area (Å²) in [6.45, 7) is 3.35. The van der Waals surface area contributed by atoms with Crippen LogP contribution >= 0.6 is 0 Å². The van der Waals surface area contributed by atoms with E-state index in [9.17, 15) is 13.2 Å². The third-order valence-corrected chi connectivity index (χ3v) is 5.53. The van der Waals surface area contributed by atoms with Crippen molar-refractivity contribution in [1.29, 1.82) is 0 Å². The van der Waals surface area contributed by atoms with Crippen LogP contribution in [0.5, 0.6) is 0 Å². The van der Waals surface area contributed by atoms with Gasteiger partial charge in [-0.25, -0.2) is 8.42 Å². The first-order valence-corrected chi connectivity index (χ1v) is 9.03. The van der Waals surface area contributed by atoms with E-state index in [1.165, 1.54) is 6.42 Å². The smallest absolute Gasteiger partial charge is 0.241 e. The molecule has 5 nitrogen and oxygen atoms in total. The maximum atomic E-state index is 12.1. The fourth-order valence-corrected chi connectivity index (χ4v) is 3.54. The lowest BCUT2D eigenvalue weighted by Crippen LogP contribution is -2.39. The third kappa shape index (κ3) is 3.97. The number of rotatable bonds is 5. The molecule has 0 bridgehead atoms. The average Bonchev–Trinajstić information content (AvgIpc) is 2.53. The highest BCUT2D eigenvalue weighted by Gasteiger charge is 2.19. The molecule has 1 N–H and O–H groups in total. The molecule has 0 radical (unpaired) electrons. The average molecular weight is 310 g/mol. The van der Waals surface area contributed by atoms with Crippen LogP contribution in [-0.2, 0) is 14.6 Å². The highest BCUT2D eigenvalue weighted by molar-refractivity contribution is 7.91. The molecule has 1 aliphatic heterocycles. The molecule has 116 valence electrons. The molecule has 1 aliphatic rings. The van der Waals surface area contributed by atoms with E-state index in [2.05, 4.69) is 5.32 Å². The van der Waals surface area contributed by atoms with Gasteiger partial charge in [0.15, 0.2) is 9.84 Å². The second-order valence-electron chi connectivity index (χ2n) is 5.19. The Hall–Kier alpha value is -1.56. The Labute approximate surface area is 126 Å². The number of benzene rings is 1. The quantitative estimate of drug-likeness (QED) is 0.902. The van der Waals surface area contributed by atoms with Crippen molar-refractivity contribution >= 4 is 21.4 Å². The summed E-state index contributed by atoms with van der Waals surface area (Å²) < 4.78 is 24.1. The number of amides is 1. The summed E-state index contributed by atoms with van der Waals surface area (Å²) in [5, 5.41) is 2.98. The van der Waals surface area contributed by atoms with Gasteiger partial charge in [0, 0.05) is 13.1 Å². The van der Waals surface area contributed by atoms with Gasteiger partial charge < -0.3 is 10.2 Å². The Morgan fingerprint density at radius 3 is 2.52 bits per heavy atom. The van der Waals surface area contributed by atoms with E-state index >= 15 is 0 Å². The summed E-state index contributed by atoms with van der Waals surface area (Å²) in [5.41, 5.74) is 0.504. The van der Waals surface area contributed by atoms with Crippen molar-refractivity contribution in [2.75, 3.05) is 30.7 Å². The van der Waals surface area contributed by atoms with Crippen molar-refractivity contribution in [2.24, 2.45) is 0 Å². The summed E-state index contributed by atoms with van der Waals surface area (Å²) in [5.74, 6) is 0.0737. The number of likely N-dealkylation sites (tertiary alicyclic amines) is 1. The molecule has 0 aromatic heterocycles. The van der Waals surface area contributed by atoms with Gasteiger partial charge in [-0.2, -0.15) is 0 Å². The monoisotopic (exact) mass is 310 g/mol. The van der Waals surface area contributed by atoms with Crippen molar-refractivity contribution in [3.05, 3.63) is 24.3 Å². The van der Waals surface area contributed by atoms with Crippen LogP contribution in [0.25, 0.3) is 0 Å². The van der Waals surface area contributed by atoms with Crippen LogP contribution in [-0.4, -0.2) is 44.6 Å². The van der Waals surface area contributed by atoms with Gasteiger partial charge in [-0.15, -0.1) is 0 Å². The Morgan fingerprint density at radius 2 is 1.86 bits per heavy atom. The lowest BCUT2D eigenvalue weighted by Gasteiger charge is -2.27. The van der Waals surface area contributed by atoms with Crippen LogP contribution in [0.2, 0.25) is 0 Å². The van der Waals surface area contributed by atoms with Crippen LogP contribution in [0.4, 0.5) is 5.69 Å². The van der Waals surface area contributed by atoms with Gasteiger partial charge in [-0.1, -0.05) is 19.1 Å². The van der Waals surface area contributed by atoms with Crippen LogP contribution in [0, 0.1) is 0 Å². The van der Waals surface area contributed by atoms with Gasteiger partial charge >= 0.3 is 0 Å². The number of carbonyl (C=O) groups is 1. The molecule has 0 atom stereocenters. The lowest BCUT2D eigenvalue weighted by atomic mass is 10.1. The zero-order chi connectivity index (χ0) is 15.3. The molecule has 0 aliphatic carbocycles. The standard InChI is InChI=1S/C15H22N2O3S/c1-2-21(19,20)14-9-5-4-8-13(14)16-12-15(18)17-10-6-3-7-11-17/h4-5,8-9,16H,2-3,6-7,10-12H2,1H3. The highest BCUT2D eigenvalue weighted by atomic mass is 32.2. The van der Waals surface area contributed by atoms with Crippen LogP contribution in [0.15, 0.2) is 29.2 Å². The third-order valence-electron chi connectivity index (χ3n) is 3.74. The van der Waals surface area contributed by atoms with Gasteiger partial charge in [0.2, 0.25) is 5.91 Å². The number of hydrogen-bond donors (Lipinski definition) is 1. The van der Waals surface area contributed by atoms with Gasteiger partial charge in [0.1, 0.15) is 0 Å². The van der Waals surface area contributed by atoms with Gasteiger partial charge in [-0.05, 0) is 31.4 Å². The van der Waals surface area contributed by atoms with Crippen molar-refractivity contribution in [3.63, 3.8) is 0 Å². The van der Waals surface area contributed by atoms with Crippen molar-refractivity contribution in [2.45, 2.75) is 31.1 Å². The number of anilines is 1. The van der Waals surface area contributed by atoms with Crippen molar-refractivity contribution in [3.8, 4) is 0 Å². The van der Waals surface area contributed by atoms with E-state index in [1.54, 1.807) is 31.2 Å². The topological polar surface area (TPSA) is 66.5 Å². The van der Waals surface area contributed by atoms with E-state index in [0.29, 0.717) is 5.69 Å². The van der Waals surface area contributed by atoms with Crippen molar-refractivity contribution in [1.82, 2.24) is 4.90 Å². The summed E-state index contributed by atoms with van der Waals surface area (Å²) in [7, 11) is -3.29. The van der Waals surface area contributed by atoms with E-state index in [0.717, 1.165) is 25.9 Å². The number of sulfone groups is 1. The predicted octanol–water partition coefficient (Wildman–Crippen LogP) is 1.90. The maximum absolute atomic E-state index is 12.1. The fraction of sp³-hybridized carbons (Fsp3) is 0.533. The minimum atomic E-state index is -3.29. The Kier molecular flexibility index (Phi) is 5.22. The van der Waals surface area contributed by atoms with Crippen LogP contribution < -0.4 is 5.32 Å². The fourth-order valence-electron chi connectivity index (χ4n) is 2.47. The maximum Gasteiger partial charge on any atom is 0.241 e. The Bertz CT molecular complexity index is 593. The van der Waals surface area contributed by atoms with E-state index in [1.807, 2.05) is 4.90 Å². The second-order valence-corrected chi connectivity index (χ2v) is 7.44. The van der Waals surface area contributed by atoms with Gasteiger partial charge in [0.05, 0.1) is 22.9 Å². The molecule has 1 amide bonds. The molecule has 0 unspecified atom stereocenters. The van der Waals surface area contributed by atoms with E-state index < -0.39 is 9.84 Å². The summed E-state index contributed by atoms with van der Waals surface area (Å²) in [6, 6.07) is 6.74. The van der Waals surface area contributed by atoms with Crippen LogP contribution in [0.1, 0.15) is 26.2 Å². The first-order chi connectivity index (χ1) is 10.0. The molecule has 6 heteroatoms. The molecule has 1 aromatic carbocycles. The highest BCUT2D eigenvalue weighted by Crippen LogP contribution is 2.22. The number of nitrogens with one attached hydrogen (secondary N) is 1. The van der Waals surface area contributed by atoms with Gasteiger partial charge in [-0.3, -0.25) is 4.79 Å². The molecular formula is C15H22N2O3S. The summed E-state index contributed by atoms with van der Waals surface area (Å²) in [6.07, 6.45) is 3.27. The van der Waals surface area contributed by atoms with E-state index in [4.69, 9.17) is 0 Å². The zero-order valence-corrected chi connectivity index (χ0v) is 13.2. The minimum absolute atomic E-state index is 0.0263. The number of hydrogen-bond acceptors (Lipinski definition) is 4. The van der Waals surface area contributed by atoms with Crippen LogP contribution in [0.3, 0.4) is 0 Å². The molecule has 0 spiro atoms. The molecule has 2 rings (SSSR count). The minimum Gasteiger partial charge on any atom is -0.375 e. The first-order valence-electron chi connectivity index (χ1n) is 7.38. The number of piperidine rings is 1. The number of nitrogens with zero attached hydrogens (tertiary/aromatic N) is 1. The molecule has 1 heterocycles. The molecule has 0 saturated carbocycles. The van der Waals surface area contributed by atoms with E-state index in [-0.39, 0.29) is 23.1 Å².